The third-order valence-electron chi connectivity index (χ3n) is 2.08. The molecule has 1 rings (SSSR count). The maximum Gasteiger partial charge on any atom is 0.165 e. The molecule has 0 amide bonds. The van der Waals surface area contributed by atoms with Gasteiger partial charge in [-0.05, 0) is 30.7 Å². The van der Waals surface area contributed by atoms with Gasteiger partial charge in [-0.25, -0.2) is 4.39 Å². The maximum atomic E-state index is 13.0. The van der Waals surface area contributed by atoms with E-state index in [9.17, 15) is 4.39 Å². The minimum absolute atomic E-state index is 0. The van der Waals surface area contributed by atoms with Gasteiger partial charge in [-0.3, -0.25) is 0 Å². The van der Waals surface area contributed by atoms with E-state index in [1.807, 2.05) is 0 Å². The van der Waals surface area contributed by atoms with Crippen molar-refractivity contribution in [2.75, 3.05) is 13.7 Å². The van der Waals surface area contributed by atoms with Gasteiger partial charge >= 0.3 is 0 Å². The van der Waals surface area contributed by atoms with Crippen LogP contribution in [0.5, 0.6) is 5.75 Å². The van der Waals surface area contributed by atoms with Crippen molar-refractivity contribution in [3.8, 4) is 5.75 Å². The molecule has 0 fully saturated rings. The minimum atomic E-state index is -0.379. The lowest BCUT2D eigenvalue weighted by Gasteiger charge is -2.12. The lowest BCUT2D eigenvalue weighted by atomic mass is 10.0. The van der Waals surface area contributed by atoms with Crippen LogP contribution in [0.25, 0.3) is 0 Å². The Balaban J connectivity index is 0.00000196. The lowest BCUT2D eigenvalue weighted by Crippen LogP contribution is -2.15. The number of methoxy groups -OCH3 is 1. The van der Waals surface area contributed by atoms with Gasteiger partial charge in [0.05, 0.1) is 7.11 Å². The highest BCUT2D eigenvalue weighted by molar-refractivity contribution is 5.85. The summed E-state index contributed by atoms with van der Waals surface area (Å²) in [7, 11) is 1.43. The van der Waals surface area contributed by atoms with Gasteiger partial charge in [0.25, 0.3) is 0 Å². The van der Waals surface area contributed by atoms with Crippen molar-refractivity contribution in [1.29, 1.82) is 0 Å². The van der Waals surface area contributed by atoms with E-state index >= 15 is 0 Å². The Bertz CT molecular complexity index is 309. The molecule has 4 N–H and O–H groups in total. The van der Waals surface area contributed by atoms with Crippen molar-refractivity contribution in [3.63, 3.8) is 0 Å². The van der Waals surface area contributed by atoms with E-state index in [1.54, 1.807) is 12.1 Å². The van der Waals surface area contributed by atoms with E-state index in [2.05, 4.69) is 0 Å². The summed E-state index contributed by atoms with van der Waals surface area (Å²) in [6.45, 7) is 0.515. The molecule has 0 spiro atoms. The molecule has 1 aromatic rings. The number of halogens is 2. The Morgan fingerprint density at radius 3 is 2.67 bits per heavy atom. The van der Waals surface area contributed by atoms with Gasteiger partial charge in [0, 0.05) is 6.04 Å². The van der Waals surface area contributed by atoms with E-state index in [1.165, 1.54) is 13.2 Å². The third kappa shape index (κ3) is 3.66. The first kappa shape index (κ1) is 14.2. The monoisotopic (exact) mass is 234 g/mol. The van der Waals surface area contributed by atoms with Crippen LogP contribution in [-0.2, 0) is 0 Å². The van der Waals surface area contributed by atoms with Crippen LogP contribution in [-0.4, -0.2) is 13.7 Å². The van der Waals surface area contributed by atoms with E-state index in [0.29, 0.717) is 13.0 Å². The Hall–Kier alpha value is -0.840. The number of rotatable bonds is 4. The van der Waals surface area contributed by atoms with Crippen LogP contribution in [0, 0.1) is 5.82 Å². The summed E-state index contributed by atoms with van der Waals surface area (Å²) in [6.07, 6.45) is 0.675. The molecule has 5 heteroatoms. The highest BCUT2D eigenvalue weighted by Crippen LogP contribution is 2.22. The standard InChI is InChI=1S/C10H15FN2O.ClH/c1-14-10-6-7(2-3-8(10)11)9(13)4-5-12;/h2-3,6,9H,4-5,12-13H2,1H3;1H/t9-;/m1./s1. The number of ether oxygens (including phenoxy) is 1. The van der Waals surface area contributed by atoms with E-state index in [4.69, 9.17) is 16.2 Å². The molecule has 0 aliphatic heterocycles. The van der Waals surface area contributed by atoms with Crippen molar-refractivity contribution in [1.82, 2.24) is 0 Å². The second kappa shape index (κ2) is 6.61. The van der Waals surface area contributed by atoms with Gasteiger partial charge in [-0.15, -0.1) is 12.4 Å². The number of hydrogen-bond acceptors (Lipinski definition) is 3. The van der Waals surface area contributed by atoms with Crippen LogP contribution < -0.4 is 16.2 Å². The maximum absolute atomic E-state index is 13.0. The quantitative estimate of drug-likeness (QED) is 0.832. The summed E-state index contributed by atoms with van der Waals surface area (Å²) in [5.74, 6) is -0.161. The summed E-state index contributed by atoms with van der Waals surface area (Å²) in [4.78, 5) is 0. The summed E-state index contributed by atoms with van der Waals surface area (Å²) in [6, 6.07) is 4.45. The topological polar surface area (TPSA) is 61.3 Å². The largest absolute Gasteiger partial charge is 0.494 e. The summed E-state index contributed by atoms with van der Waals surface area (Å²) in [5, 5.41) is 0. The Morgan fingerprint density at radius 2 is 2.13 bits per heavy atom. The fourth-order valence-corrected chi connectivity index (χ4v) is 1.25. The second-order valence-electron chi connectivity index (χ2n) is 3.08. The van der Waals surface area contributed by atoms with Crippen molar-refractivity contribution in [2.45, 2.75) is 12.5 Å². The molecule has 1 atom stereocenters. The van der Waals surface area contributed by atoms with Gasteiger partial charge in [-0.1, -0.05) is 6.07 Å². The van der Waals surface area contributed by atoms with Crippen molar-refractivity contribution < 1.29 is 9.13 Å². The first-order valence-corrected chi connectivity index (χ1v) is 4.48. The Morgan fingerprint density at radius 1 is 1.47 bits per heavy atom. The number of hydrogen-bond donors (Lipinski definition) is 2. The zero-order valence-corrected chi connectivity index (χ0v) is 9.39. The fourth-order valence-electron chi connectivity index (χ4n) is 1.25. The van der Waals surface area contributed by atoms with Crippen LogP contribution in [0.4, 0.5) is 4.39 Å². The molecule has 15 heavy (non-hydrogen) atoms. The minimum Gasteiger partial charge on any atom is -0.494 e. The SMILES string of the molecule is COc1cc([C@H](N)CCN)ccc1F.Cl. The summed E-state index contributed by atoms with van der Waals surface area (Å²) >= 11 is 0. The molecule has 0 heterocycles. The Labute approximate surface area is 95.0 Å². The molecular weight excluding hydrogens is 219 g/mol. The molecule has 0 bridgehead atoms. The molecule has 86 valence electrons. The third-order valence-corrected chi connectivity index (χ3v) is 2.08. The number of nitrogens with two attached hydrogens (primary N) is 2. The number of benzene rings is 1. The first-order chi connectivity index (χ1) is 6.69. The second-order valence-corrected chi connectivity index (χ2v) is 3.08. The zero-order chi connectivity index (χ0) is 10.6. The zero-order valence-electron chi connectivity index (χ0n) is 8.57. The molecule has 3 nitrogen and oxygen atoms in total. The molecule has 0 saturated heterocycles. The van der Waals surface area contributed by atoms with Crippen LogP contribution >= 0.6 is 12.4 Å². The normalized spacial score (nSPS) is 11.7. The van der Waals surface area contributed by atoms with Gasteiger partial charge in [0.15, 0.2) is 11.6 Å². The van der Waals surface area contributed by atoms with E-state index in [0.717, 1.165) is 5.56 Å². The molecule has 0 aromatic heterocycles. The van der Waals surface area contributed by atoms with Crippen molar-refractivity contribution in [3.05, 3.63) is 29.6 Å². The summed E-state index contributed by atoms with van der Waals surface area (Å²) in [5.41, 5.74) is 12.0. The van der Waals surface area contributed by atoms with Crippen LogP contribution in [0.15, 0.2) is 18.2 Å². The highest BCUT2D eigenvalue weighted by Gasteiger charge is 2.08. The predicted molar refractivity (Wildman–Crippen MR) is 60.8 cm³/mol. The predicted octanol–water partition coefficient (Wildman–Crippen LogP) is 1.60. The lowest BCUT2D eigenvalue weighted by molar-refractivity contribution is 0.385. The average Bonchev–Trinajstić information content (AvgIpc) is 2.19. The molecule has 0 aliphatic rings. The van der Waals surface area contributed by atoms with Crippen molar-refractivity contribution >= 4 is 12.4 Å². The van der Waals surface area contributed by atoms with E-state index in [-0.39, 0.29) is 30.0 Å². The molecule has 0 aliphatic carbocycles. The molecule has 0 unspecified atom stereocenters. The first-order valence-electron chi connectivity index (χ1n) is 4.48. The Kier molecular flexibility index (Phi) is 6.24. The molecule has 0 saturated carbocycles. The van der Waals surface area contributed by atoms with E-state index < -0.39 is 0 Å². The van der Waals surface area contributed by atoms with Crippen LogP contribution in [0.2, 0.25) is 0 Å². The van der Waals surface area contributed by atoms with Gasteiger partial charge in [0.1, 0.15) is 0 Å². The molecule has 0 radical (unpaired) electrons. The average molecular weight is 235 g/mol. The van der Waals surface area contributed by atoms with Gasteiger partial charge < -0.3 is 16.2 Å². The van der Waals surface area contributed by atoms with Gasteiger partial charge in [0.2, 0.25) is 0 Å². The van der Waals surface area contributed by atoms with Crippen LogP contribution in [0.3, 0.4) is 0 Å². The fraction of sp³-hybridized carbons (Fsp3) is 0.400. The van der Waals surface area contributed by atoms with Crippen molar-refractivity contribution in [2.24, 2.45) is 11.5 Å². The highest BCUT2D eigenvalue weighted by atomic mass is 35.5. The van der Waals surface area contributed by atoms with Crippen LogP contribution in [0.1, 0.15) is 18.0 Å². The summed E-state index contributed by atoms with van der Waals surface area (Å²) < 4.78 is 17.9. The smallest absolute Gasteiger partial charge is 0.165 e. The molecule has 1 aromatic carbocycles. The molecular formula is C10H16ClFN2O. The van der Waals surface area contributed by atoms with Gasteiger partial charge in [-0.2, -0.15) is 0 Å².